The van der Waals surface area contributed by atoms with Crippen molar-refractivity contribution in [1.82, 2.24) is 20.4 Å². The average Bonchev–Trinajstić information content (AvgIpc) is 3.29. The van der Waals surface area contributed by atoms with Crippen LogP contribution in [0.25, 0.3) is 10.9 Å². The number of benzene rings is 2. The highest BCUT2D eigenvalue weighted by Crippen LogP contribution is 2.44. The molecule has 2 amide bonds. The van der Waals surface area contributed by atoms with Crippen molar-refractivity contribution >= 4 is 22.9 Å². The minimum atomic E-state index is -1.28. The van der Waals surface area contributed by atoms with Gasteiger partial charge < -0.3 is 10.4 Å². The summed E-state index contributed by atoms with van der Waals surface area (Å²) in [6, 6.07) is 17.6. The van der Waals surface area contributed by atoms with Crippen LogP contribution in [0.3, 0.4) is 0 Å². The van der Waals surface area contributed by atoms with Crippen LogP contribution in [0.2, 0.25) is 0 Å². The molecule has 2 bridgehead atoms. The number of amides is 2. The number of nitrogens with one attached hydrogen (secondary N) is 2. The van der Waals surface area contributed by atoms with Gasteiger partial charge in [0.05, 0.1) is 11.2 Å². The van der Waals surface area contributed by atoms with E-state index in [1.54, 1.807) is 6.92 Å². The molecular formula is C30H38N4O3. The molecule has 7 heteroatoms. The smallest absolute Gasteiger partial charge is 0.408 e. The lowest BCUT2D eigenvalue weighted by Gasteiger charge is -2.50. The van der Waals surface area contributed by atoms with Crippen molar-refractivity contribution in [3.8, 4) is 0 Å². The third kappa shape index (κ3) is 5.50. The van der Waals surface area contributed by atoms with Crippen molar-refractivity contribution in [2.45, 2.75) is 69.9 Å². The second kappa shape index (κ2) is 11.4. The molecule has 2 saturated carbocycles. The van der Waals surface area contributed by atoms with Crippen molar-refractivity contribution in [1.29, 1.82) is 0 Å². The van der Waals surface area contributed by atoms with Gasteiger partial charge >= 0.3 is 6.09 Å². The Morgan fingerprint density at radius 2 is 1.84 bits per heavy atom. The standard InChI is InChI=1S/C29H36N4O3.CH2/c1-29(19-25-23-12-5-6-13-24(23)31-32-25,27(34)30-17-16-20-8-3-2-4-9-20)33(28(35)36)26-15-14-21-10-7-11-22(26)18-21;/h2-6,8-9,12-13,21-22,26H,7,10-11,14-19H2,1H3,(H,30,34)(H,31,32)(H,35,36);1H2. The van der Waals surface area contributed by atoms with E-state index in [9.17, 15) is 14.7 Å². The number of aromatic nitrogens is 2. The topological polar surface area (TPSA) is 98.3 Å². The summed E-state index contributed by atoms with van der Waals surface area (Å²) in [6.45, 7) is 2.24. The van der Waals surface area contributed by atoms with Crippen molar-refractivity contribution in [2.24, 2.45) is 11.8 Å². The second-order valence-corrected chi connectivity index (χ2v) is 10.7. The molecule has 0 saturated heterocycles. The molecule has 1 aromatic heterocycles. The molecule has 2 aromatic carbocycles. The molecular weight excluding hydrogens is 464 g/mol. The number of para-hydroxylation sites is 1. The highest BCUT2D eigenvalue weighted by molar-refractivity contribution is 5.91. The van der Waals surface area contributed by atoms with Crippen LogP contribution in [0, 0.1) is 19.3 Å². The summed E-state index contributed by atoms with van der Waals surface area (Å²) >= 11 is 0. The zero-order chi connectivity index (χ0) is 25.1. The maximum atomic E-state index is 13.9. The molecule has 2 radical (unpaired) electrons. The number of H-pyrrole nitrogens is 1. The highest BCUT2D eigenvalue weighted by atomic mass is 16.4. The Labute approximate surface area is 219 Å². The summed E-state index contributed by atoms with van der Waals surface area (Å²) in [5.41, 5.74) is 1.45. The molecule has 7 nitrogen and oxygen atoms in total. The zero-order valence-corrected chi connectivity index (χ0v) is 21.7. The number of nitrogens with zero attached hydrogens (tertiary/aromatic N) is 2. The second-order valence-electron chi connectivity index (χ2n) is 10.7. The number of carbonyl (C=O) groups is 2. The first-order valence-corrected chi connectivity index (χ1v) is 13.2. The van der Waals surface area contributed by atoms with Gasteiger partial charge in [-0.05, 0) is 62.5 Å². The molecule has 37 heavy (non-hydrogen) atoms. The van der Waals surface area contributed by atoms with E-state index in [0.717, 1.165) is 54.3 Å². The van der Waals surface area contributed by atoms with E-state index in [-0.39, 0.29) is 25.8 Å². The fourth-order valence-corrected chi connectivity index (χ4v) is 6.56. The number of rotatable bonds is 8. The first-order chi connectivity index (χ1) is 17.5. The predicted octanol–water partition coefficient (Wildman–Crippen LogP) is 5.50. The van der Waals surface area contributed by atoms with Crippen LogP contribution in [0.15, 0.2) is 54.6 Å². The van der Waals surface area contributed by atoms with Gasteiger partial charge in [0.2, 0.25) is 5.91 Å². The molecule has 196 valence electrons. The van der Waals surface area contributed by atoms with E-state index in [4.69, 9.17) is 0 Å². The number of fused-ring (bicyclic) bond motifs is 3. The number of hydrogen-bond acceptors (Lipinski definition) is 3. The molecule has 2 fully saturated rings. The zero-order valence-electron chi connectivity index (χ0n) is 21.7. The van der Waals surface area contributed by atoms with Crippen LogP contribution < -0.4 is 5.32 Å². The molecule has 3 N–H and O–H groups in total. The summed E-state index contributed by atoms with van der Waals surface area (Å²) in [6.07, 6.45) is 6.20. The molecule has 3 aromatic rings. The predicted molar refractivity (Wildman–Crippen MR) is 145 cm³/mol. The summed E-state index contributed by atoms with van der Waals surface area (Å²) in [5, 5.41) is 22.1. The molecule has 4 atom stereocenters. The molecule has 0 aliphatic heterocycles. The minimum absolute atomic E-state index is 0. The van der Waals surface area contributed by atoms with Crippen molar-refractivity contribution < 1.29 is 14.7 Å². The Bertz CT molecular complexity index is 1210. The lowest BCUT2D eigenvalue weighted by Crippen LogP contribution is -2.65. The summed E-state index contributed by atoms with van der Waals surface area (Å²) < 4.78 is 0. The molecule has 4 unspecified atom stereocenters. The Hall–Kier alpha value is -3.35. The Morgan fingerprint density at radius 3 is 2.62 bits per heavy atom. The molecule has 1 heterocycles. The molecule has 0 spiro atoms. The summed E-state index contributed by atoms with van der Waals surface area (Å²) in [7, 11) is 0. The molecule has 2 aliphatic rings. The van der Waals surface area contributed by atoms with Crippen molar-refractivity contribution in [2.75, 3.05) is 6.54 Å². The van der Waals surface area contributed by atoms with Gasteiger partial charge in [0, 0.05) is 24.4 Å². The molecule has 2 aliphatic carbocycles. The van der Waals surface area contributed by atoms with Crippen LogP contribution >= 0.6 is 0 Å². The number of carboxylic acid groups (broad SMARTS) is 1. The monoisotopic (exact) mass is 502 g/mol. The van der Waals surface area contributed by atoms with E-state index >= 15 is 0 Å². The Morgan fingerprint density at radius 1 is 1.08 bits per heavy atom. The lowest BCUT2D eigenvalue weighted by atomic mass is 9.68. The van der Waals surface area contributed by atoms with Gasteiger partial charge in [0.1, 0.15) is 5.54 Å². The van der Waals surface area contributed by atoms with Gasteiger partial charge in [-0.25, -0.2) is 4.79 Å². The summed E-state index contributed by atoms with van der Waals surface area (Å²) in [4.78, 5) is 28.3. The van der Waals surface area contributed by atoms with E-state index in [2.05, 4.69) is 15.5 Å². The Balaban J connectivity index is 0.00000320. The first kappa shape index (κ1) is 26.7. The number of hydrogen-bond donors (Lipinski definition) is 3. The van der Waals surface area contributed by atoms with E-state index < -0.39 is 11.6 Å². The fourth-order valence-electron chi connectivity index (χ4n) is 6.56. The fraction of sp³-hybridized carbons (Fsp3) is 0.467. The van der Waals surface area contributed by atoms with Crippen LogP contribution in [-0.4, -0.2) is 50.3 Å². The average molecular weight is 503 g/mol. The highest BCUT2D eigenvalue weighted by Gasteiger charge is 2.50. The SMILES string of the molecule is CC(Cc1n[nH]c2ccccc12)(C(=O)NCCc1ccccc1)N(C(=O)O)C1CCC2CCCC1C2.[CH2]. The van der Waals surface area contributed by atoms with Gasteiger partial charge in [-0.1, -0.05) is 68.8 Å². The van der Waals surface area contributed by atoms with E-state index in [0.29, 0.717) is 24.8 Å². The van der Waals surface area contributed by atoms with Crippen molar-refractivity contribution in [3.05, 3.63) is 73.3 Å². The van der Waals surface area contributed by atoms with Gasteiger partial charge in [-0.2, -0.15) is 5.10 Å². The van der Waals surface area contributed by atoms with Gasteiger partial charge in [0.15, 0.2) is 0 Å². The van der Waals surface area contributed by atoms with Gasteiger partial charge in [-0.15, -0.1) is 0 Å². The first-order valence-electron chi connectivity index (χ1n) is 13.2. The maximum absolute atomic E-state index is 13.9. The largest absolute Gasteiger partial charge is 0.465 e. The lowest BCUT2D eigenvalue weighted by molar-refractivity contribution is -0.134. The van der Waals surface area contributed by atoms with Crippen LogP contribution in [0.5, 0.6) is 0 Å². The minimum Gasteiger partial charge on any atom is -0.465 e. The van der Waals surface area contributed by atoms with Crippen LogP contribution in [0.4, 0.5) is 4.79 Å². The normalized spacial score (nSPS) is 22.5. The van der Waals surface area contributed by atoms with Crippen LogP contribution in [-0.2, 0) is 17.6 Å². The van der Waals surface area contributed by atoms with Crippen LogP contribution in [0.1, 0.15) is 56.7 Å². The number of aromatic amines is 1. The third-order valence-electron chi connectivity index (χ3n) is 8.40. The third-order valence-corrected chi connectivity index (χ3v) is 8.40. The quantitative estimate of drug-likeness (QED) is 0.379. The van der Waals surface area contributed by atoms with E-state index in [1.807, 2.05) is 54.6 Å². The number of carbonyl (C=O) groups excluding carboxylic acids is 1. The van der Waals surface area contributed by atoms with Crippen molar-refractivity contribution in [3.63, 3.8) is 0 Å². The van der Waals surface area contributed by atoms with Gasteiger partial charge in [0.25, 0.3) is 0 Å². The van der Waals surface area contributed by atoms with Gasteiger partial charge in [-0.3, -0.25) is 14.8 Å². The molecule has 5 rings (SSSR count). The Kier molecular flexibility index (Phi) is 8.20. The van der Waals surface area contributed by atoms with E-state index in [1.165, 1.54) is 11.3 Å². The maximum Gasteiger partial charge on any atom is 0.408 e. The summed E-state index contributed by atoms with van der Waals surface area (Å²) in [5.74, 6) is 0.740.